The first-order valence-corrected chi connectivity index (χ1v) is 30.4. The van der Waals surface area contributed by atoms with Crippen LogP contribution in [0.5, 0.6) is 0 Å². The Hall–Kier alpha value is -3.16. The van der Waals surface area contributed by atoms with Crippen LogP contribution in [-0.4, -0.2) is 99.6 Å². The third kappa shape index (κ3) is 39.8. The van der Waals surface area contributed by atoms with Gasteiger partial charge in [0.05, 0.1) is 25.4 Å². The molecule has 0 radical (unpaired) electrons. The van der Waals surface area contributed by atoms with Gasteiger partial charge in [0.25, 0.3) is 0 Å². The van der Waals surface area contributed by atoms with Crippen molar-refractivity contribution in [2.45, 2.75) is 294 Å². The molecule has 0 aliphatic carbocycles. The number of hydrogen-bond acceptors (Lipinski definition) is 10. The summed E-state index contributed by atoms with van der Waals surface area (Å²) in [5.74, 6) is -1.24. The molecule has 1 amide bonds. The lowest BCUT2D eigenvalue weighted by Crippen LogP contribution is -2.61. The van der Waals surface area contributed by atoms with Crippen molar-refractivity contribution in [3.05, 3.63) is 85.1 Å². The number of rotatable bonds is 50. The molecule has 1 rings (SSSR count). The van der Waals surface area contributed by atoms with E-state index in [1.807, 2.05) is 12.2 Å². The zero-order valence-electron chi connectivity index (χ0n) is 47.6. The number of aliphatic hydroxyl groups excluding tert-OH is 5. The number of esters is 1. The molecule has 432 valence electrons. The molecule has 75 heavy (non-hydrogen) atoms. The molecule has 1 fully saturated rings. The maximum Gasteiger partial charge on any atom is 0.306 e. The summed E-state index contributed by atoms with van der Waals surface area (Å²) in [6, 6.07) is -1.05. The summed E-state index contributed by atoms with van der Waals surface area (Å²) in [6.45, 7) is 5.64. The minimum absolute atomic E-state index is 0.118. The monoisotopic (exact) mass is 1050 g/mol. The minimum Gasteiger partial charge on any atom is -0.454 e. The summed E-state index contributed by atoms with van der Waals surface area (Å²) in [4.78, 5) is 26.5. The number of aliphatic hydroxyl groups is 5. The lowest BCUT2D eigenvalue weighted by Gasteiger charge is -2.41. The topological polar surface area (TPSA) is 175 Å². The Balaban J connectivity index is 2.75. The highest BCUT2D eigenvalue weighted by Gasteiger charge is 2.47. The molecule has 0 spiro atoms. The van der Waals surface area contributed by atoms with Crippen LogP contribution in [0, 0.1) is 0 Å². The van der Waals surface area contributed by atoms with E-state index >= 15 is 0 Å². The number of allylic oxidation sites excluding steroid dienone is 13. The van der Waals surface area contributed by atoms with Crippen LogP contribution in [0.3, 0.4) is 0 Å². The van der Waals surface area contributed by atoms with Crippen molar-refractivity contribution in [1.82, 2.24) is 5.32 Å². The number of nitrogens with one attached hydrogen (secondary N) is 1. The van der Waals surface area contributed by atoms with E-state index in [4.69, 9.17) is 14.2 Å². The normalized spacial score (nSPS) is 19.8. The standard InChI is InChI=1S/C64H111NO10/c1-4-7-10-13-16-19-22-25-26-27-28-29-30-31-34-36-39-42-45-48-51-57(68)63(72)65-55(56(67)50-47-44-41-38-35-32-23-20-17-14-11-8-5-2)54-73-64-62(61(71)60(70)58(53-66)74-64)75-59(69)52-49-46-43-40-37-33-24-21-18-15-12-9-6-3/h7,10,16,19,25-26,28-29,31,34,39,42,47,50,55-58,60-62,64,66-68,70-71H,4-6,8-9,11-15,17-18,20-24,27,30,32-33,35-38,40-41,43-46,48-49,51-54H2,1-3H3,(H,65,72)/b10-7-,19-16-,26-25-,29-28-,34-31-,42-39-,50-47+. The zero-order valence-corrected chi connectivity index (χ0v) is 47.6. The van der Waals surface area contributed by atoms with E-state index in [-0.39, 0.29) is 19.4 Å². The zero-order chi connectivity index (χ0) is 54.7. The van der Waals surface area contributed by atoms with Gasteiger partial charge in [0.1, 0.15) is 24.4 Å². The SMILES string of the molecule is CC/C=C\C/C=C\C/C=C\C/C=C\C/C=C\C/C=C\CCCC(O)C(=O)NC(COC1OC(CO)C(O)C(O)C1OC(=O)CCCCCCCCCCCCCCC)C(O)/C=C/CCCCCCCCCCCCC. The average molecular weight is 1050 g/mol. The van der Waals surface area contributed by atoms with Crippen LogP contribution < -0.4 is 5.32 Å². The van der Waals surface area contributed by atoms with Gasteiger partial charge < -0.3 is 45.1 Å². The van der Waals surface area contributed by atoms with Crippen LogP contribution >= 0.6 is 0 Å². The third-order valence-corrected chi connectivity index (χ3v) is 13.8. The summed E-state index contributed by atoms with van der Waals surface area (Å²) in [5.41, 5.74) is 0. The van der Waals surface area contributed by atoms with E-state index in [0.29, 0.717) is 19.3 Å². The number of carbonyl (C=O) groups is 2. The average Bonchev–Trinajstić information content (AvgIpc) is 3.41. The molecule has 1 saturated heterocycles. The van der Waals surface area contributed by atoms with E-state index in [0.717, 1.165) is 83.5 Å². The molecule has 0 aromatic heterocycles. The molecule has 6 N–H and O–H groups in total. The fourth-order valence-corrected chi connectivity index (χ4v) is 9.01. The van der Waals surface area contributed by atoms with Gasteiger partial charge in [0, 0.05) is 6.42 Å². The lowest BCUT2D eigenvalue weighted by atomic mass is 9.99. The van der Waals surface area contributed by atoms with Crippen LogP contribution in [0.25, 0.3) is 0 Å². The summed E-state index contributed by atoms with van der Waals surface area (Å²) in [7, 11) is 0. The Morgan fingerprint density at radius 2 is 0.960 bits per heavy atom. The molecule has 0 saturated carbocycles. The molecular weight excluding hydrogens is 943 g/mol. The van der Waals surface area contributed by atoms with Crippen molar-refractivity contribution in [1.29, 1.82) is 0 Å². The number of ether oxygens (including phenoxy) is 3. The van der Waals surface area contributed by atoms with Crippen molar-refractivity contribution in [2.24, 2.45) is 0 Å². The van der Waals surface area contributed by atoms with Gasteiger partial charge in [-0.2, -0.15) is 0 Å². The summed E-state index contributed by atoms with van der Waals surface area (Å²) < 4.78 is 17.6. The fraction of sp³-hybridized carbons (Fsp3) is 0.750. The highest BCUT2D eigenvalue weighted by atomic mass is 16.7. The molecule has 8 atom stereocenters. The van der Waals surface area contributed by atoms with Crippen LogP contribution in [0.1, 0.15) is 245 Å². The van der Waals surface area contributed by atoms with Gasteiger partial charge in [0.15, 0.2) is 12.4 Å². The van der Waals surface area contributed by atoms with E-state index in [1.165, 1.54) is 109 Å². The summed E-state index contributed by atoms with van der Waals surface area (Å²) >= 11 is 0. The molecule has 1 heterocycles. The second-order valence-electron chi connectivity index (χ2n) is 20.7. The van der Waals surface area contributed by atoms with Gasteiger partial charge in [-0.25, -0.2) is 0 Å². The Kier molecular flexibility index (Phi) is 48.0. The number of carbonyl (C=O) groups excluding carboxylic acids is 2. The van der Waals surface area contributed by atoms with Crippen LogP contribution in [0.15, 0.2) is 85.1 Å². The molecule has 0 bridgehead atoms. The molecule has 8 unspecified atom stereocenters. The predicted octanol–water partition coefficient (Wildman–Crippen LogP) is 14.2. The smallest absolute Gasteiger partial charge is 0.306 e. The Morgan fingerprint density at radius 1 is 0.533 bits per heavy atom. The van der Waals surface area contributed by atoms with Crippen molar-refractivity contribution < 1.29 is 49.3 Å². The first-order valence-electron chi connectivity index (χ1n) is 30.4. The Bertz CT molecular complexity index is 1540. The Labute approximate surface area is 457 Å². The highest BCUT2D eigenvalue weighted by molar-refractivity contribution is 5.80. The van der Waals surface area contributed by atoms with Crippen molar-refractivity contribution in [3.63, 3.8) is 0 Å². The van der Waals surface area contributed by atoms with E-state index < -0.39 is 67.4 Å². The van der Waals surface area contributed by atoms with Gasteiger partial charge in [-0.3, -0.25) is 9.59 Å². The molecule has 1 aliphatic rings. The van der Waals surface area contributed by atoms with Crippen molar-refractivity contribution in [2.75, 3.05) is 13.2 Å². The summed E-state index contributed by atoms with van der Waals surface area (Å²) in [5, 5.41) is 56.9. The minimum atomic E-state index is -1.62. The second-order valence-corrected chi connectivity index (χ2v) is 20.7. The van der Waals surface area contributed by atoms with Crippen LogP contribution in [-0.2, 0) is 23.8 Å². The number of amides is 1. The first kappa shape index (κ1) is 69.9. The van der Waals surface area contributed by atoms with Gasteiger partial charge in [-0.05, 0) is 77.0 Å². The molecular formula is C64H111NO10. The Morgan fingerprint density at radius 3 is 1.43 bits per heavy atom. The predicted molar refractivity (Wildman–Crippen MR) is 310 cm³/mol. The van der Waals surface area contributed by atoms with E-state index in [9.17, 15) is 35.1 Å². The summed E-state index contributed by atoms with van der Waals surface area (Å²) in [6.07, 6.45) is 56.2. The highest BCUT2D eigenvalue weighted by Crippen LogP contribution is 2.26. The van der Waals surface area contributed by atoms with Crippen molar-refractivity contribution >= 4 is 11.9 Å². The largest absolute Gasteiger partial charge is 0.454 e. The van der Waals surface area contributed by atoms with Crippen LogP contribution in [0.2, 0.25) is 0 Å². The lowest BCUT2D eigenvalue weighted by molar-refractivity contribution is -0.305. The third-order valence-electron chi connectivity index (χ3n) is 13.8. The van der Waals surface area contributed by atoms with Gasteiger partial charge >= 0.3 is 5.97 Å². The molecule has 11 heteroatoms. The van der Waals surface area contributed by atoms with Gasteiger partial charge in [-0.15, -0.1) is 0 Å². The van der Waals surface area contributed by atoms with Gasteiger partial charge in [0.2, 0.25) is 5.91 Å². The number of hydrogen-bond donors (Lipinski definition) is 6. The quantitative estimate of drug-likeness (QED) is 0.0195. The molecule has 0 aromatic rings. The molecule has 1 aliphatic heterocycles. The fourth-order valence-electron chi connectivity index (χ4n) is 9.01. The first-order chi connectivity index (χ1) is 36.7. The maximum absolute atomic E-state index is 13.4. The van der Waals surface area contributed by atoms with E-state index in [1.54, 1.807) is 6.08 Å². The van der Waals surface area contributed by atoms with Crippen molar-refractivity contribution in [3.8, 4) is 0 Å². The maximum atomic E-state index is 13.4. The second kappa shape index (κ2) is 51.6. The van der Waals surface area contributed by atoms with E-state index in [2.05, 4.69) is 92.9 Å². The van der Waals surface area contributed by atoms with Crippen LogP contribution in [0.4, 0.5) is 0 Å². The number of unbranched alkanes of at least 4 members (excludes halogenated alkanes) is 24. The molecule has 11 nitrogen and oxygen atoms in total. The molecule has 0 aromatic carbocycles. The van der Waals surface area contributed by atoms with Gasteiger partial charge in [-0.1, -0.05) is 247 Å².